The minimum atomic E-state index is -0.213. The molecule has 3 aromatic rings. The predicted molar refractivity (Wildman–Crippen MR) is 78.4 cm³/mol. The summed E-state index contributed by atoms with van der Waals surface area (Å²) in [5.41, 5.74) is 0.753. The molecule has 0 aliphatic rings. The number of ether oxygens (including phenoxy) is 1. The van der Waals surface area contributed by atoms with Gasteiger partial charge < -0.3 is 4.74 Å². The highest BCUT2D eigenvalue weighted by Gasteiger charge is 2.17. The van der Waals surface area contributed by atoms with Gasteiger partial charge in [-0.25, -0.2) is 9.97 Å². The Morgan fingerprint density at radius 1 is 0.810 bits per heavy atom. The fourth-order valence-corrected chi connectivity index (χ4v) is 1.88. The van der Waals surface area contributed by atoms with Crippen LogP contribution in [0.2, 0.25) is 0 Å². The van der Waals surface area contributed by atoms with Crippen LogP contribution in [0.4, 0.5) is 0 Å². The van der Waals surface area contributed by atoms with E-state index >= 15 is 0 Å². The SMILES string of the molecule is O=C(c1ccccc1)c1nccnc1Oc1ccccc1. The van der Waals surface area contributed by atoms with Crippen molar-refractivity contribution >= 4 is 5.78 Å². The van der Waals surface area contributed by atoms with Gasteiger partial charge >= 0.3 is 0 Å². The first-order valence-corrected chi connectivity index (χ1v) is 6.48. The van der Waals surface area contributed by atoms with Crippen LogP contribution in [0.25, 0.3) is 0 Å². The number of carbonyl (C=O) groups is 1. The van der Waals surface area contributed by atoms with Crippen molar-refractivity contribution in [2.75, 3.05) is 0 Å². The highest BCUT2D eigenvalue weighted by Crippen LogP contribution is 2.23. The molecule has 2 aromatic carbocycles. The molecule has 102 valence electrons. The summed E-state index contributed by atoms with van der Waals surface area (Å²) < 4.78 is 5.66. The third-order valence-electron chi connectivity index (χ3n) is 2.87. The minimum absolute atomic E-state index is 0.201. The van der Waals surface area contributed by atoms with Crippen molar-refractivity contribution < 1.29 is 9.53 Å². The molecule has 3 rings (SSSR count). The molecule has 0 saturated heterocycles. The topological polar surface area (TPSA) is 52.1 Å². The molecule has 0 bridgehead atoms. The Bertz CT molecular complexity index is 743. The summed E-state index contributed by atoms with van der Waals surface area (Å²) in [5.74, 6) is 0.604. The van der Waals surface area contributed by atoms with Crippen molar-refractivity contribution in [2.24, 2.45) is 0 Å². The van der Waals surface area contributed by atoms with E-state index in [2.05, 4.69) is 9.97 Å². The second kappa shape index (κ2) is 5.96. The Kier molecular flexibility index (Phi) is 3.69. The van der Waals surface area contributed by atoms with Crippen molar-refractivity contribution in [3.8, 4) is 11.6 Å². The lowest BCUT2D eigenvalue weighted by Crippen LogP contribution is -2.07. The first-order chi connectivity index (χ1) is 10.3. The molecular formula is C17H12N2O2. The van der Waals surface area contributed by atoms with E-state index in [1.165, 1.54) is 12.4 Å². The lowest BCUT2D eigenvalue weighted by atomic mass is 10.1. The molecule has 0 amide bonds. The van der Waals surface area contributed by atoms with Crippen LogP contribution < -0.4 is 4.74 Å². The molecule has 0 N–H and O–H groups in total. The van der Waals surface area contributed by atoms with Gasteiger partial charge in [0, 0.05) is 18.0 Å². The van der Waals surface area contributed by atoms with Gasteiger partial charge in [-0.1, -0.05) is 48.5 Å². The molecule has 0 atom stereocenters. The Morgan fingerprint density at radius 2 is 1.43 bits per heavy atom. The number of hydrogen-bond donors (Lipinski definition) is 0. The van der Waals surface area contributed by atoms with Crippen molar-refractivity contribution in [3.05, 3.63) is 84.3 Å². The van der Waals surface area contributed by atoms with E-state index in [9.17, 15) is 4.79 Å². The van der Waals surface area contributed by atoms with Gasteiger partial charge in [-0.3, -0.25) is 4.79 Å². The van der Waals surface area contributed by atoms with Gasteiger partial charge in [-0.15, -0.1) is 0 Å². The van der Waals surface area contributed by atoms with Crippen molar-refractivity contribution in [1.29, 1.82) is 0 Å². The Balaban J connectivity index is 1.95. The van der Waals surface area contributed by atoms with E-state index in [1.807, 2.05) is 24.3 Å². The standard InChI is InChI=1S/C17H12N2O2/c20-16(13-7-3-1-4-8-13)15-17(19-12-11-18-15)21-14-9-5-2-6-10-14/h1-12H. The number of hydrogen-bond acceptors (Lipinski definition) is 4. The van der Waals surface area contributed by atoms with Crippen LogP contribution >= 0.6 is 0 Å². The number of ketones is 1. The summed E-state index contributed by atoms with van der Waals surface area (Å²) in [4.78, 5) is 20.7. The van der Waals surface area contributed by atoms with E-state index in [-0.39, 0.29) is 17.4 Å². The van der Waals surface area contributed by atoms with E-state index in [4.69, 9.17) is 4.74 Å². The van der Waals surface area contributed by atoms with Gasteiger partial charge in [0.2, 0.25) is 11.7 Å². The van der Waals surface area contributed by atoms with Crippen LogP contribution in [-0.2, 0) is 0 Å². The monoisotopic (exact) mass is 276 g/mol. The molecule has 1 heterocycles. The van der Waals surface area contributed by atoms with Gasteiger partial charge in [0.15, 0.2) is 5.69 Å². The number of benzene rings is 2. The summed E-state index contributed by atoms with van der Waals surface area (Å²) in [6, 6.07) is 18.1. The highest BCUT2D eigenvalue weighted by atomic mass is 16.5. The molecule has 1 aromatic heterocycles. The zero-order chi connectivity index (χ0) is 14.5. The van der Waals surface area contributed by atoms with E-state index in [0.717, 1.165) is 0 Å². The van der Waals surface area contributed by atoms with Crippen molar-refractivity contribution in [1.82, 2.24) is 9.97 Å². The molecule has 0 aliphatic carbocycles. The minimum Gasteiger partial charge on any atom is -0.437 e. The number of carbonyl (C=O) groups excluding carboxylic acids is 1. The number of nitrogens with zero attached hydrogens (tertiary/aromatic N) is 2. The smallest absolute Gasteiger partial charge is 0.249 e. The summed E-state index contributed by atoms with van der Waals surface area (Å²) in [7, 11) is 0. The van der Waals surface area contributed by atoms with E-state index in [1.54, 1.807) is 36.4 Å². The Labute approximate surface area is 122 Å². The van der Waals surface area contributed by atoms with Gasteiger partial charge in [0.25, 0.3) is 0 Å². The Hall–Kier alpha value is -3.01. The fraction of sp³-hybridized carbons (Fsp3) is 0. The maximum atomic E-state index is 12.5. The third-order valence-corrected chi connectivity index (χ3v) is 2.87. The van der Waals surface area contributed by atoms with Gasteiger partial charge in [-0.05, 0) is 12.1 Å². The zero-order valence-electron chi connectivity index (χ0n) is 11.1. The highest BCUT2D eigenvalue weighted by molar-refractivity contribution is 6.09. The van der Waals surface area contributed by atoms with E-state index in [0.29, 0.717) is 11.3 Å². The van der Waals surface area contributed by atoms with Gasteiger partial charge in [-0.2, -0.15) is 0 Å². The second-order valence-electron chi connectivity index (χ2n) is 4.32. The number of para-hydroxylation sites is 1. The molecule has 0 radical (unpaired) electrons. The van der Waals surface area contributed by atoms with Crippen LogP contribution in [0.3, 0.4) is 0 Å². The first kappa shape index (κ1) is 13.0. The van der Waals surface area contributed by atoms with Gasteiger partial charge in [0.1, 0.15) is 5.75 Å². The van der Waals surface area contributed by atoms with E-state index < -0.39 is 0 Å². The van der Waals surface area contributed by atoms with Crippen LogP contribution in [0, 0.1) is 0 Å². The van der Waals surface area contributed by atoms with Crippen LogP contribution in [0.15, 0.2) is 73.1 Å². The second-order valence-corrected chi connectivity index (χ2v) is 4.32. The predicted octanol–water partition coefficient (Wildman–Crippen LogP) is 3.50. The summed E-state index contributed by atoms with van der Waals surface area (Å²) in [6.45, 7) is 0. The lowest BCUT2D eigenvalue weighted by Gasteiger charge is -2.08. The van der Waals surface area contributed by atoms with Crippen LogP contribution in [0.5, 0.6) is 11.6 Å². The summed E-state index contributed by atoms with van der Waals surface area (Å²) in [5, 5.41) is 0. The van der Waals surface area contributed by atoms with Crippen LogP contribution in [-0.4, -0.2) is 15.8 Å². The van der Waals surface area contributed by atoms with Crippen LogP contribution in [0.1, 0.15) is 16.1 Å². The molecule has 4 heteroatoms. The largest absolute Gasteiger partial charge is 0.437 e. The number of aromatic nitrogens is 2. The van der Waals surface area contributed by atoms with Gasteiger partial charge in [0.05, 0.1) is 0 Å². The van der Waals surface area contributed by atoms with Crippen molar-refractivity contribution in [2.45, 2.75) is 0 Å². The molecule has 21 heavy (non-hydrogen) atoms. The molecule has 0 aliphatic heterocycles. The molecule has 0 fully saturated rings. The quantitative estimate of drug-likeness (QED) is 0.684. The van der Waals surface area contributed by atoms with Crippen molar-refractivity contribution in [3.63, 3.8) is 0 Å². The molecule has 4 nitrogen and oxygen atoms in total. The lowest BCUT2D eigenvalue weighted by molar-refractivity contribution is 0.103. The molecule has 0 unspecified atom stereocenters. The molecule has 0 saturated carbocycles. The average molecular weight is 276 g/mol. The first-order valence-electron chi connectivity index (χ1n) is 6.48. The maximum absolute atomic E-state index is 12.5. The number of rotatable bonds is 4. The molecular weight excluding hydrogens is 264 g/mol. The average Bonchev–Trinajstić information content (AvgIpc) is 2.56. The molecule has 0 spiro atoms. The Morgan fingerprint density at radius 3 is 2.14 bits per heavy atom. The third kappa shape index (κ3) is 2.95. The maximum Gasteiger partial charge on any atom is 0.249 e. The summed E-state index contributed by atoms with van der Waals surface area (Å²) in [6.07, 6.45) is 2.98. The summed E-state index contributed by atoms with van der Waals surface area (Å²) >= 11 is 0. The normalized spacial score (nSPS) is 10.1. The fourth-order valence-electron chi connectivity index (χ4n) is 1.88. The zero-order valence-corrected chi connectivity index (χ0v) is 11.1.